The molecule has 2 aromatic heterocycles. The number of nitro benzene ring substituents is 1. The van der Waals surface area contributed by atoms with Crippen LogP contribution in [0.1, 0.15) is 19.3 Å². The number of aromatic nitrogens is 3. The molecule has 0 spiro atoms. The number of anilines is 3. The molecule has 12 heteroatoms. The molecule has 3 aliphatic rings. The van der Waals surface area contributed by atoms with E-state index in [0.717, 1.165) is 22.6 Å². The van der Waals surface area contributed by atoms with E-state index in [4.69, 9.17) is 14.5 Å². The highest BCUT2D eigenvalue weighted by molar-refractivity contribution is 5.95. The van der Waals surface area contributed by atoms with Crippen molar-refractivity contribution in [2.24, 2.45) is 5.92 Å². The number of carbonyl (C=O) groups excluding carboxylic acids is 1. The molecule has 0 radical (unpaired) electrons. The molecule has 2 N–H and O–H groups in total. The lowest BCUT2D eigenvalue weighted by Gasteiger charge is -2.62. The molecule has 12 nitrogen and oxygen atoms in total. The number of methoxy groups -OCH3 is 1. The Morgan fingerprint density at radius 1 is 1.24 bits per heavy atom. The molecule has 4 aromatic rings. The molecule has 2 heterocycles. The number of rotatable bonds is 10. The molecule has 2 aromatic carbocycles. The summed E-state index contributed by atoms with van der Waals surface area (Å²) < 4.78 is 13.0. The Morgan fingerprint density at radius 2 is 2.02 bits per heavy atom. The van der Waals surface area contributed by atoms with Crippen LogP contribution in [0.2, 0.25) is 0 Å². The van der Waals surface area contributed by atoms with Gasteiger partial charge in [-0.15, -0.1) is 0 Å². The average Bonchev–Trinajstić information content (AvgIpc) is 3.30. The van der Waals surface area contributed by atoms with Crippen LogP contribution in [0.4, 0.5) is 27.8 Å². The van der Waals surface area contributed by atoms with Crippen LogP contribution in [-0.2, 0) is 10.3 Å². The molecule has 3 fully saturated rings. The second-order valence-corrected chi connectivity index (χ2v) is 10.6. The molecular weight excluding hydrogens is 526 g/mol. The molecule has 0 saturated heterocycles. The monoisotopic (exact) mass is 557 g/mol. The van der Waals surface area contributed by atoms with Gasteiger partial charge in [0.25, 0.3) is 5.69 Å². The van der Waals surface area contributed by atoms with Crippen LogP contribution >= 0.6 is 0 Å². The van der Waals surface area contributed by atoms with E-state index < -0.39 is 11.0 Å². The fourth-order valence-electron chi connectivity index (χ4n) is 5.94. The molecule has 3 saturated carbocycles. The van der Waals surface area contributed by atoms with Gasteiger partial charge in [-0.1, -0.05) is 18.2 Å². The van der Waals surface area contributed by atoms with E-state index in [2.05, 4.69) is 44.6 Å². The number of carbonyl (C=O) groups is 1. The summed E-state index contributed by atoms with van der Waals surface area (Å²) >= 11 is 0. The van der Waals surface area contributed by atoms with Crippen LogP contribution in [0.25, 0.3) is 22.2 Å². The molecule has 212 valence electrons. The first kappa shape index (κ1) is 26.4. The quantitative estimate of drug-likeness (QED) is 0.202. The maximum Gasteiger partial charge on any atom is 0.406 e. The van der Waals surface area contributed by atoms with Crippen LogP contribution in [0.5, 0.6) is 5.75 Å². The van der Waals surface area contributed by atoms with Gasteiger partial charge in [-0.2, -0.15) is 0 Å². The zero-order valence-electron chi connectivity index (χ0n) is 23.1. The van der Waals surface area contributed by atoms with Crippen molar-refractivity contribution < 1.29 is 19.2 Å². The Kier molecular flexibility index (Phi) is 6.60. The SMILES string of the molecule is CNC(=O)OCCN(C)c1cc(OC)c(Nc2nccc(-c3cn(C45CC(C4)C5)c4ccccc34)n2)cc1[N+](=O)[O-]. The summed E-state index contributed by atoms with van der Waals surface area (Å²) in [7, 11) is 4.63. The highest BCUT2D eigenvalue weighted by atomic mass is 16.6. The second-order valence-electron chi connectivity index (χ2n) is 10.6. The van der Waals surface area contributed by atoms with Gasteiger partial charge in [0.15, 0.2) is 0 Å². The standard InChI is InChI=1S/C29H31N7O5/c1-30-28(37)41-11-10-34(2)24-13-26(40-3)22(12-25(24)36(38)39)33-27-31-9-8-21(32-27)20-17-35(29-14-18(15-29)16-29)23-7-5-4-6-19(20)23/h4-9,12-13,17-18H,10-11,14-16H2,1-3H3,(H,30,37)(H,31,32,33). The highest BCUT2D eigenvalue weighted by Crippen LogP contribution is 2.63. The Bertz CT molecular complexity index is 1640. The Hall–Kier alpha value is -4.87. The van der Waals surface area contributed by atoms with Crippen LogP contribution in [0.3, 0.4) is 0 Å². The van der Waals surface area contributed by atoms with Crippen molar-refractivity contribution in [2.75, 3.05) is 44.6 Å². The van der Waals surface area contributed by atoms with Crippen molar-refractivity contribution in [3.05, 3.63) is 65.0 Å². The van der Waals surface area contributed by atoms with Crippen molar-refractivity contribution in [3.8, 4) is 17.0 Å². The van der Waals surface area contributed by atoms with E-state index in [1.165, 1.54) is 45.0 Å². The Morgan fingerprint density at radius 3 is 2.71 bits per heavy atom. The van der Waals surface area contributed by atoms with Crippen LogP contribution in [0, 0.1) is 16.0 Å². The number of hydrogen-bond donors (Lipinski definition) is 2. The zero-order valence-corrected chi connectivity index (χ0v) is 23.1. The van der Waals surface area contributed by atoms with Gasteiger partial charge >= 0.3 is 6.09 Å². The minimum absolute atomic E-state index is 0.0500. The van der Waals surface area contributed by atoms with Gasteiger partial charge in [0.05, 0.1) is 30.0 Å². The lowest BCUT2D eigenvalue weighted by atomic mass is 9.49. The summed E-state index contributed by atoms with van der Waals surface area (Å²) in [4.78, 5) is 33.7. The van der Waals surface area contributed by atoms with Gasteiger partial charge in [0.1, 0.15) is 18.0 Å². The van der Waals surface area contributed by atoms with Gasteiger partial charge < -0.3 is 29.6 Å². The van der Waals surface area contributed by atoms with E-state index in [9.17, 15) is 14.9 Å². The summed E-state index contributed by atoms with van der Waals surface area (Å²) in [6.45, 7) is 0.291. The van der Waals surface area contributed by atoms with Crippen molar-refractivity contribution in [3.63, 3.8) is 0 Å². The number of amides is 1. The van der Waals surface area contributed by atoms with Gasteiger partial charge in [-0.25, -0.2) is 14.8 Å². The molecule has 1 amide bonds. The number of hydrogen-bond acceptors (Lipinski definition) is 9. The smallest absolute Gasteiger partial charge is 0.406 e. The summed E-state index contributed by atoms with van der Waals surface area (Å²) in [5, 5.41) is 18.6. The first-order chi connectivity index (χ1) is 19.8. The second kappa shape index (κ2) is 10.3. The molecule has 7 rings (SSSR count). The van der Waals surface area contributed by atoms with Gasteiger partial charge in [0, 0.05) is 60.6 Å². The number of likely N-dealkylation sites (N-methyl/N-ethyl adjacent to an activating group) is 1. The van der Waals surface area contributed by atoms with E-state index in [1.807, 2.05) is 12.1 Å². The van der Waals surface area contributed by atoms with Crippen LogP contribution < -0.4 is 20.3 Å². The first-order valence-electron chi connectivity index (χ1n) is 13.4. The molecule has 0 unspecified atom stereocenters. The maximum atomic E-state index is 12.0. The van der Waals surface area contributed by atoms with Crippen LogP contribution in [-0.4, -0.2) is 59.9 Å². The van der Waals surface area contributed by atoms with Crippen LogP contribution in [0.15, 0.2) is 54.9 Å². The minimum Gasteiger partial charge on any atom is -0.494 e. The lowest BCUT2D eigenvalue weighted by Crippen LogP contribution is -2.58. The number of benzene rings is 2. The number of fused-ring (bicyclic) bond motifs is 1. The van der Waals surface area contributed by atoms with E-state index in [0.29, 0.717) is 17.1 Å². The summed E-state index contributed by atoms with van der Waals surface area (Å²) in [6.07, 6.45) is 6.99. The number of nitrogens with zero attached hydrogens (tertiary/aromatic N) is 5. The fraction of sp³-hybridized carbons (Fsp3) is 0.345. The summed E-state index contributed by atoms with van der Waals surface area (Å²) in [5.41, 5.74) is 3.72. The third-order valence-corrected chi connectivity index (χ3v) is 8.18. The zero-order chi connectivity index (χ0) is 28.7. The Balaban J connectivity index is 1.30. The number of ether oxygens (including phenoxy) is 2. The third kappa shape index (κ3) is 4.64. The average molecular weight is 558 g/mol. The molecular formula is C29H31N7O5. The fourth-order valence-corrected chi connectivity index (χ4v) is 5.94. The van der Waals surface area contributed by atoms with E-state index in [1.54, 1.807) is 24.2 Å². The lowest BCUT2D eigenvalue weighted by molar-refractivity contribution is -0.384. The van der Waals surface area contributed by atoms with Gasteiger partial charge in [-0.3, -0.25) is 10.1 Å². The van der Waals surface area contributed by atoms with E-state index >= 15 is 0 Å². The number of nitrogens with one attached hydrogen (secondary N) is 2. The molecule has 0 atom stereocenters. The molecule has 3 aliphatic carbocycles. The van der Waals surface area contributed by atoms with Gasteiger partial charge in [-0.05, 0) is 37.3 Å². The van der Waals surface area contributed by atoms with Crippen molar-refractivity contribution >= 4 is 40.0 Å². The molecule has 0 aliphatic heterocycles. The van der Waals surface area contributed by atoms with Crippen molar-refractivity contribution in [1.29, 1.82) is 0 Å². The van der Waals surface area contributed by atoms with Crippen molar-refractivity contribution in [1.82, 2.24) is 19.9 Å². The third-order valence-electron chi connectivity index (χ3n) is 8.18. The van der Waals surface area contributed by atoms with Gasteiger partial charge in [0.2, 0.25) is 5.95 Å². The number of para-hydroxylation sites is 1. The summed E-state index contributed by atoms with van der Waals surface area (Å²) in [5.74, 6) is 1.52. The number of alkyl carbamates (subject to hydrolysis) is 1. The molecule has 2 bridgehead atoms. The van der Waals surface area contributed by atoms with Crippen molar-refractivity contribution in [2.45, 2.75) is 24.8 Å². The minimum atomic E-state index is -0.573. The van der Waals surface area contributed by atoms with E-state index in [-0.39, 0.29) is 30.3 Å². The normalized spacial score (nSPS) is 18.7. The largest absolute Gasteiger partial charge is 0.494 e. The topological polar surface area (TPSA) is 137 Å². The Labute approximate surface area is 236 Å². The molecule has 41 heavy (non-hydrogen) atoms. The highest BCUT2D eigenvalue weighted by Gasteiger charge is 2.58. The predicted octanol–water partition coefficient (Wildman–Crippen LogP) is 5.06. The summed E-state index contributed by atoms with van der Waals surface area (Å²) in [6, 6.07) is 13.2. The predicted molar refractivity (Wildman–Crippen MR) is 155 cm³/mol. The first-order valence-corrected chi connectivity index (χ1v) is 13.4. The number of nitro groups is 1. The maximum absolute atomic E-state index is 12.0.